The molecular formula is C16H16N2O5S. The molecule has 7 nitrogen and oxygen atoms in total. The quantitative estimate of drug-likeness (QED) is 0.630. The molecule has 24 heavy (non-hydrogen) atoms. The molecule has 2 aromatic rings. The second-order valence-electron chi connectivity index (χ2n) is 4.73. The Kier molecular flexibility index (Phi) is 5.67. The molecule has 0 fully saturated rings. The SMILES string of the molecule is COC(=O)COc1ccc(C=Nc2ccc(S(N)(=O)=O)cc2)cc1. The van der Waals surface area contributed by atoms with Crippen LogP contribution in [0.15, 0.2) is 58.4 Å². The Bertz CT molecular complexity index is 828. The number of benzene rings is 2. The highest BCUT2D eigenvalue weighted by atomic mass is 32.2. The van der Waals surface area contributed by atoms with E-state index < -0.39 is 16.0 Å². The largest absolute Gasteiger partial charge is 0.482 e. The third-order valence-electron chi connectivity index (χ3n) is 2.99. The number of sulfonamides is 1. The highest BCUT2D eigenvalue weighted by Gasteiger charge is 2.06. The van der Waals surface area contributed by atoms with Crippen LogP contribution in [0, 0.1) is 0 Å². The monoisotopic (exact) mass is 348 g/mol. The second kappa shape index (κ2) is 7.71. The van der Waals surface area contributed by atoms with Crippen molar-refractivity contribution in [2.24, 2.45) is 10.1 Å². The van der Waals surface area contributed by atoms with Crippen LogP contribution in [0.3, 0.4) is 0 Å². The summed E-state index contributed by atoms with van der Waals surface area (Å²) in [6.45, 7) is -0.152. The van der Waals surface area contributed by atoms with Crippen LogP contribution in [0.5, 0.6) is 5.75 Å². The topological polar surface area (TPSA) is 108 Å². The second-order valence-corrected chi connectivity index (χ2v) is 6.29. The highest BCUT2D eigenvalue weighted by molar-refractivity contribution is 7.89. The van der Waals surface area contributed by atoms with E-state index in [-0.39, 0.29) is 11.5 Å². The molecule has 0 bridgehead atoms. The zero-order valence-electron chi connectivity index (χ0n) is 12.9. The number of primary sulfonamides is 1. The maximum atomic E-state index is 11.2. The van der Waals surface area contributed by atoms with Crippen molar-refractivity contribution in [2.75, 3.05) is 13.7 Å². The van der Waals surface area contributed by atoms with Crippen LogP contribution < -0.4 is 9.88 Å². The number of hydrogen-bond acceptors (Lipinski definition) is 6. The molecule has 0 amide bonds. The smallest absolute Gasteiger partial charge is 0.343 e. The van der Waals surface area contributed by atoms with Gasteiger partial charge in [-0.1, -0.05) is 0 Å². The van der Waals surface area contributed by atoms with Crippen LogP contribution in [0.4, 0.5) is 5.69 Å². The molecule has 0 heterocycles. The average molecular weight is 348 g/mol. The van der Waals surface area contributed by atoms with Crippen molar-refractivity contribution in [1.29, 1.82) is 0 Å². The normalized spacial score (nSPS) is 11.4. The van der Waals surface area contributed by atoms with Gasteiger partial charge in [0.1, 0.15) is 5.75 Å². The molecule has 126 valence electrons. The molecule has 0 unspecified atom stereocenters. The Labute approximate surface area is 139 Å². The Morgan fingerprint density at radius 1 is 1.12 bits per heavy atom. The van der Waals surface area contributed by atoms with Gasteiger partial charge in [-0.25, -0.2) is 18.4 Å². The molecule has 0 radical (unpaired) electrons. The first-order valence-corrected chi connectivity index (χ1v) is 8.40. The van der Waals surface area contributed by atoms with Gasteiger partial charge in [-0.15, -0.1) is 0 Å². The van der Waals surface area contributed by atoms with E-state index in [2.05, 4.69) is 9.73 Å². The van der Waals surface area contributed by atoms with Crippen molar-refractivity contribution in [2.45, 2.75) is 4.90 Å². The van der Waals surface area contributed by atoms with Gasteiger partial charge in [0, 0.05) is 6.21 Å². The van der Waals surface area contributed by atoms with Crippen molar-refractivity contribution in [1.82, 2.24) is 0 Å². The summed E-state index contributed by atoms with van der Waals surface area (Å²) in [5.74, 6) is 0.0821. The predicted octanol–water partition coefficient (Wildman–Crippen LogP) is 1.64. The van der Waals surface area contributed by atoms with Crippen molar-refractivity contribution < 1.29 is 22.7 Å². The third-order valence-corrected chi connectivity index (χ3v) is 3.92. The number of aliphatic imine (C=N–C) groups is 1. The Balaban J connectivity index is 2.00. The molecule has 0 aliphatic heterocycles. The van der Waals surface area contributed by atoms with Crippen LogP contribution >= 0.6 is 0 Å². The predicted molar refractivity (Wildman–Crippen MR) is 89.0 cm³/mol. The van der Waals surface area contributed by atoms with Crippen molar-refractivity contribution >= 4 is 27.9 Å². The van der Waals surface area contributed by atoms with Gasteiger partial charge in [0.05, 0.1) is 17.7 Å². The molecule has 0 aromatic heterocycles. The van der Waals surface area contributed by atoms with Gasteiger partial charge >= 0.3 is 5.97 Å². The number of nitrogens with two attached hydrogens (primary N) is 1. The van der Waals surface area contributed by atoms with E-state index in [1.807, 2.05) is 0 Å². The van der Waals surface area contributed by atoms with E-state index in [0.29, 0.717) is 11.4 Å². The van der Waals surface area contributed by atoms with E-state index >= 15 is 0 Å². The Hall–Kier alpha value is -2.71. The lowest BCUT2D eigenvalue weighted by atomic mass is 10.2. The fourth-order valence-electron chi connectivity index (χ4n) is 1.72. The molecule has 0 saturated carbocycles. The number of hydrogen-bond donors (Lipinski definition) is 1. The lowest BCUT2D eigenvalue weighted by Gasteiger charge is -2.04. The van der Waals surface area contributed by atoms with Gasteiger partial charge < -0.3 is 9.47 Å². The molecule has 0 aliphatic rings. The Morgan fingerprint density at radius 3 is 2.29 bits per heavy atom. The van der Waals surface area contributed by atoms with Crippen LogP contribution in [0.1, 0.15) is 5.56 Å². The zero-order valence-corrected chi connectivity index (χ0v) is 13.7. The van der Waals surface area contributed by atoms with Gasteiger partial charge in [-0.3, -0.25) is 4.99 Å². The minimum absolute atomic E-state index is 0.0357. The fraction of sp³-hybridized carbons (Fsp3) is 0.125. The lowest BCUT2D eigenvalue weighted by molar-refractivity contribution is -0.142. The van der Waals surface area contributed by atoms with E-state index in [4.69, 9.17) is 9.88 Å². The number of carbonyl (C=O) groups is 1. The number of ether oxygens (including phenoxy) is 2. The first-order valence-electron chi connectivity index (χ1n) is 6.85. The van der Waals surface area contributed by atoms with Crippen LogP contribution in [-0.4, -0.2) is 34.3 Å². The highest BCUT2D eigenvalue weighted by Crippen LogP contribution is 2.16. The zero-order chi connectivity index (χ0) is 17.6. The first-order chi connectivity index (χ1) is 11.4. The maximum Gasteiger partial charge on any atom is 0.343 e. The number of carbonyl (C=O) groups excluding carboxylic acids is 1. The summed E-state index contributed by atoms with van der Waals surface area (Å²) in [6, 6.07) is 12.9. The van der Waals surface area contributed by atoms with Gasteiger partial charge in [-0.05, 0) is 54.1 Å². The summed E-state index contributed by atoms with van der Waals surface area (Å²) in [6.07, 6.45) is 1.62. The first kappa shape index (κ1) is 17.6. The van der Waals surface area contributed by atoms with Gasteiger partial charge in [-0.2, -0.15) is 0 Å². The van der Waals surface area contributed by atoms with Crippen LogP contribution in [-0.2, 0) is 19.6 Å². The summed E-state index contributed by atoms with van der Waals surface area (Å²) < 4.78 is 32.1. The van der Waals surface area contributed by atoms with Crippen molar-refractivity contribution in [3.63, 3.8) is 0 Å². The van der Waals surface area contributed by atoms with Crippen molar-refractivity contribution in [3.8, 4) is 5.75 Å². The molecule has 0 saturated heterocycles. The summed E-state index contributed by atoms with van der Waals surface area (Å²) in [5, 5.41) is 5.03. The average Bonchev–Trinajstić information content (AvgIpc) is 2.58. The number of methoxy groups -OCH3 is 1. The van der Waals surface area contributed by atoms with Crippen LogP contribution in [0.2, 0.25) is 0 Å². The van der Waals surface area contributed by atoms with Gasteiger partial charge in [0.25, 0.3) is 0 Å². The summed E-state index contributed by atoms with van der Waals surface area (Å²) >= 11 is 0. The van der Waals surface area contributed by atoms with Gasteiger partial charge in [0.15, 0.2) is 6.61 Å². The maximum absolute atomic E-state index is 11.2. The number of nitrogens with zero attached hydrogens (tertiary/aromatic N) is 1. The minimum atomic E-state index is -3.70. The van der Waals surface area contributed by atoms with E-state index in [1.165, 1.54) is 19.2 Å². The molecule has 0 spiro atoms. The fourth-order valence-corrected chi connectivity index (χ4v) is 2.24. The van der Waals surface area contributed by atoms with Crippen LogP contribution in [0.25, 0.3) is 0 Å². The molecule has 2 rings (SSSR count). The molecule has 8 heteroatoms. The standard InChI is InChI=1S/C16H16N2O5S/c1-22-16(19)11-23-14-6-2-12(3-7-14)10-18-13-4-8-15(9-5-13)24(17,20)21/h2-10H,11H2,1H3,(H2,17,20,21). The van der Waals surface area contributed by atoms with E-state index in [9.17, 15) is 13.2 Å². The third kappa shape index (κ3) is 5.18. The minimum Gasteiger partial charge on any atom is -0.482 e. The van der Waals surface area contributed by atoms with E-state index in [0.717, 1.165) is 5.56 Å². The molecule has 0 atom stereocenters. The lowest BCUT2D eigenvalue weighted by Crippen LogP contribution is -2.12. The summed E-state index contributed by atoms with van der Waals surface area (Å²) in [5.41, 5.74) is 1.41. The summed E-state index contributed by atoms with van der Waals surface area (Å²) in [7, 11) is -2.41. The Morgan fingerprint density at radius 2 is 1.75 bits per heavy atom. The molecule has 2 aromatic carbocycles. The molecule has 2 N–H and O–H groups in total. The van der Waals surface area contributed by atoms with E-state index in [1.54, 1.807) is 42.6 Å². The van der Waals surface area contributed by atoms with Crippen molar-refractivity contribution in [3.05, 3.63) is 54.1 Å². The number of rotatable bonds is 6. The van der Waals surface area contributed by atoms with Gasteiger partial charge in [0.2, 0.25) is 10.0 Å². The molecule has 0 aliphatic carbocycles. The number of esters is 1. The molecular weight excluding hydrogens is 332 g/mol. The summed E-state index contributed by atoms with van der Waals surface area (Å²) in [4.78, 5) is 15.3.